The van der Waals surface area contributed by atoms with Crippen molar-refractivity contribution in [1.82, 2.24) is 20.2 Å². The molecule has 0 spiro atoms. The summed E-state index contributed by atoms with van der Waals surface area (Å²) in [5.41, 5.74) is 7.09. The molecule has 0 aliphatic rings. The SMILES string of the molecule is Nc1nnc(-c2cc3[nH]cnc3c(F)c2Nc2ccc(Br)cc2Cl)o1. The minimum Gasteiger partial charge on any atom is -0.403 e. The van der Waals surface area contributed by atoms with Crippen LogP contribution in [0.25, 0.3) is 22.5 Å². The first kappa shape index (κ1) is 15.9. The summed E-state index contributed by atoms with van der Waals surface area (Å²) in [6.07, 6.45) is 1.40. The number of fused-ring (bicyclic) bond motifs is 1. The second-order valence-corrected chi connectivity index (χ2v) is 6.43. The van der Waals surface area contributed by atoms with Crippen molar-refractivity contribution < 1.29 is 8.81 Å². The summed E-state index contributed by atoms with van der Waals surface area (Å²) in [6.45, 7) is 0. The quantitative estimate of drug-likeness (QED) is 0.448. The van der Waals surface area contributed by atoms with Crippen LogP contribution in [0.1, 0.15) is 0 Å². The minimum atomic E-state index is -0.579. The fourth-order valence-electron chi connectivity index (χ4n) is 2.40. The molecule has 0 bridgehead atoms. The summed E-state index contributed by atoms with van der Waals surface area (Å²) < 4.78 is 21.1. The van der Waals surface area contributed by atoms with E-state index in [1.165, 1.54) is 6.33 Å². The van der Waals surface area contributed by atoms with Crippen LogP contribution in [-0.2, 0) is 0 Å². The highest BCUT2D eigenvalue weighted by atomic mass is 79.9. The van der Waals surface area contributed by atoms with Gasteiger partial charge in [-0.3, -0.25) is 0 Å². The maximum Gasteiger partial charge on any atom is 0.313 e. The maximum atomic E-state index is 15.0. The maximum absolute atomic E-state index is 15.0. The topological polar surface area (TPSA) is 106 Å². The van der Waals surface area contributed by atoms with Crippen LogP contribution in [0, 0.1) is 5.82 Å². The normalized spacial score (nSPS) is 11.2. The molecule has 126 valence electrons. The van der Waals surface area contributed by atoms with Crippen molar-refractivity contribution in [1.29, 1.82) is 0 Å². The highest BCUT2D eigenvalue weighted by Gasteiger charge is 2.21. The van der Waals surface area contributed by atoms with Crippen molar-refractivity contribution in [3.05, 3.63) is 45.9 Å². The Morgan fingerprint density at radius 2 is 2.12 bits per heavy atom. The van der Waals surface area contributed by atoms with E-state index in [9.17, 15) is 0 Å². The third-order valence-electron chi connectivity index (χ3n) is 3.52. The van der Waals surface area contributed by atoms with Crippen LogP contribution in [0.2, 0.25) is 5.02 Å². The number of nitrogens with one attached hydrogen (secondary N) is 2. The van der Waals surface area contributed by atoms with Gasteiger partial charge in [-0.1, -0.05) is 32.6 Å². The van der Waals surface area contributed by atoms with Gasteiger partial charge < -0.3 is 20.5 Å². The number of anilines is 3. The second kappa shape index (κ2) is 6.01. The molecule has 0 radical (unpaired) electrons. The van der Waals surface area contributed by atoms with Gasteiger partial charge in [-0.2, -0.15) is 0 Å². The van der Waals surface area contributed by atoms with Crippen LogP contribution in [-0.4, -0.2) is 20.2 Å². The van der Waals surface area contributed by atoms with Gasteiger partial charge >= 0.3 is 6.01 Å². The predicted octanol–water partition coefficient (Wildman–Crippen LogP) is 4.49. The number of benzene rings is 2. The molecule has 25 heavy (non-hydrogen) atoms. The molecule has 7 nitrogen and oxygen atoms in total. The first-order chi connectivity index (χ1) is 12.0. The minimum absolute atomic E-state index is 0.0728. The zero-order valence-corrected chi connectivity index (χ0v) is 14.7. The van der Waals surface area contributed by atoms with Crippen LogP contribution in [0.5, 0.6) is 0 Å². The molecule has 2 aromatic carbocycles. The molecule has 0 saturated heterocycles. The zero-order chi connectivity index (χ0) is 17.6. The largest absolute Gasteiger partial charge is 0.403 e. The van der Waals surface area contributed by atoms with Crippen molar-refractivity contribution in [2.45, 2.75) is 0 Å². The number of hydrogen-bond acceptors (Lipinski definition) is 6. The molecule has 4 rings (SSSR count). The molecule has 0 aliphatic heterocycles. The van der Waals surface area contributed by atoms with E-state index < -0.39 is 5.82 Å². The van der Waals surface area contributed by atoms with Crippen LogP contribution in [0.15, 0.2) is 39.5 Å². The summed E-state index contributed by atoms with van der Waals surface area (Å²) in [7, 11) is 0. The van der Waals surface area contributed by atoms with Gasteiger partial charge in [0.1, 0.15) is 5.52 Å². The van der Waals surface area contributed by atoms with Gasteiger partial charge in [0.05, 0.1) is 33.8 Å². The summed E-state index contributed by atoms with van der Waals surface area (Å²) in [6, 6.07) is 6.72. The third kappa shape index (κ3) is 2.81. The average molecular weight is 424 g/mol. The van der Waals surface area contributed by atoms with Gasteiger partial charge in [-0.05, 0) is 24.3 Å². The lowest BCUT2D eigenvalue weighted by molar-refractivity contribution is 0.589. The number of hydrogen-bond donors (Lipinski definition) is 3. The lowest BCUT2D eigenvalue weighted by Crippen LogP contribution is -1.99. The molecule has 0 fully saturated rings. The third-order valence-corrected chi connectivity index (χ3v) is 4.32. The number of halogens is 3. The number of H-pyrrole nitrogens is 1. The summed E-state index contributed by atoms with van der Waals surface area (Å²) >= 11 is 9.55. The number of aromatic nitrogens is 4. The molecule has 0 atom stereocenters. The molecule has 0 saturated carbocycles. The van der Waals surface area contributed by atoms with Gasteiger partial charge in [-0.25, -0.2) is 9.37 Å². The van der Waals surface area contributed by atoms with Crippen molar-refractivity contribution >= 4 is 56.0 Å². The standard InChI is InChI=1S/C15H9BrClFN6O/c16-6-1-2-9(8(17)3-6)22-12-7(14-23-24-15(19)25-14)4-10-13(11(12)18)21-5-20-10/h1-5,22H,(H2,19,24)(H,20,21). The molecule has 0 unspecified atom stereocenters. The predicted molar refractivity (Wildman–Crippen MR) is 96.2 cm³/mol. The summed E-state index contributed by atoms with van der Waals surface area (Å²) in [5.74, 6) is -0.506. The highest BCUT2D eigenvalue weighted by molar-refractivity contribution is 9.10. The fraction of sp³-hybridized carbons (Fsp3) is 0. The Bertz CT molecular complexity index is 1100. The van der Waals surface area contributed by atoms with Crippen molar-refractivity contribution in [2.75, 3.05) is 11.1 Å². The van der Waals surface area contributed by atoms with E-state index in [4.69, 9.17) is 21.8 Å². The first-order valence-corrected chi connectivity index (χ1v) is 8.17. The van der Waals surface area contributed by atoms with Gasteiger partial charge in [0.25, 0.3) is 5.89 Å². The van der Waals surface area contributed by atoms with Crippen molar-refractivity contribution in [3.8, 4) is 11.5 Å². The Kier molecular flexibility index (Phi) is 3.81. The van der Waals surface area contributed by atoms with E-state index in [0.29, 0.717) is 21.8 Å². The number of nitrogen functional groups attached to an aromatic ring is 1. The smallest absolute Gasteiger partial charge is 0.313 e. The number of aromatic amines is 1. The zero-order valence-electron chi connectivity index (χ0n) is 12.3. The Balaban J connectivity index is 1.92. The summed E-state index contributed by atoms with van der Waals surface area (Å²) in [4.78, 5) is 6.85. The number of nitrogens with two attached hydrogens (primary N) is 1. The number of imidazole rings is 1. The van der Waals surface area contributed by atoms with Gasteiger partial charge in [0, 0.05) is 4.47 Å². The monoisotopic (exact) mass is 422 g/mol. The Hall–Kier alpha value is -2.65. The van der Waals surface area contributed by atoms with Crippen LogP contribution >= 0.6 is 27.5 Å². The first-order valence-electron chi connectivity index (χ1n) is 7.00. The Morgan fingerprint density at radius 1 is 1.28 bits per heavy atom. The van der Waals surface area contributed by atoms with Crippen LogP contribution in [0.4, 0.5) is 21.8 Å². The van der Waals surface area contributed by atoms with Gasteiger partial charge in [0.2, 0.25) is 0 Å². The van der Waals surface area contributed by atoms with E-state index >= 15 is 4.39 Å². The lowest BCUT2D eigenvalue weighted by atomic mass is 10.1. The molecule has 10 heteroatoms. The second-order valence-electron chi connectivity index (χ2n) is 5.11. The van der Waals surface area contributed by atoms with E-state index in [1.807, 2.05) is 0 Å². The number of rotatable bonds is 3. The van der Waals surface area contributed by atoms with Crippen LogP contribution < -0.4 is 11.1 Å². The molecular weight excluding hydrogens is 415 g/mol. The summed E-state index contributed by atoms with van der Waals surface area (Å²) in [5, 5.41) is 10.8. The molecule has 2 heterocycles. The molecule has 0 amide bonds. The molecule has 4 N–H and O–H groups in total. The fourth-order valence-corrected chi connectivity index (χ4v) is 3.12. The average Bonchev–Trinajstić information content (AvgIpc) is 3.20. The van der Waals surface area contributed by atoms with Crippen molar-refractivity contribution in [2.24, 2.45) is 0 Å². The molecular formula is C15H9BrClFN6O. The number of nitrogens with zero attached hydrogens (tertiary/aromatic N) is 3. The van der Waals surface area contributed by atoms with E-state index in [0.717, 1.165) is 4.47 Å². The molecule has 4 aromatic rings. The van der Waals surface area contributed by atoms with E-state index in [2.05, 4.69) is 41.4 Å². The van der Waals surface area contributed by atoms with E-state index in [-0.39, 0.29) is 23.1 Å². The Morgan fingerprint density at radius 3 is 2.84 bits per heavy atom. The van der Waals surface area contributed by atoms with Crippen molar-refractivity contribution in [3.63, 3.8) is 0 Å². The highest BCUT2D eigenvalue weighted by Crippen LogP contribution is 2.38. The van der Waals surface area contributed by atoms with E-state index in [1.54, 1.807) is 24.3 Å². The lowest BCUT2D eigenvalue weighted by Gasteiger charge is -2.13. The van der Waals surface area contributed by atoms with Gasteiger partial charge in [0.15, 0.2) is 5.82 Å². The Labute approximate surface area is 153 Å². The molecule has 2 aromatic heterocycles. The van der Waals surface area contributed by atoms with Gasteiger partial charge in [-0.15, -0.1) is 5.10 Å². The van der Waals surface area contributed by atoms with Crippen LogP contribution in [0.3, 0.4) is 0 Å². The molecule has 0 aliphatic carbocycles.